The zero-order chi connectivity index (χ0) is 17.7. The van der Waals surface area contributed by atoms with Crippen LogP contribution in [0.3, 0.4) is 0 Å². The topological polar surface area (TPSA) is 20.2 Å². The number of rotatable bonds is 20. The van der Waals surface area contributed by atoms with Gasteiger partial charge in [0.15, 0.2) is 0 Å². The average Bonchev–Trinajstić information content (AvgIpc) is 2.60. The molecule has 1 unspecified atom stereocenters. The lowest BCUT2D eigenvalue weighted by Crippen LogP contribution is -1.91. The number of aliphatic hydroxyl groups is 1. The molecule has 0 amide bonds. The van der Waals surface area contributed by atoms with E-state index in [1.807, 2.05) is 0 Å². The average molecular weight is 341 g/mol. The molecule has 0 aliphatic heterocycles. The van der Waals surface area contributed by atoms with Gasteiger partial charge in [-0.05, 0) is 12.3 Å². The first-order valence-corrected chi connectivity index (χ1v) is 11.4. The molecule has 1 nitrogen and oxygen atoms in total. The summed E-state index contributed by atoms with van der Waals surface area (Å²) in [5.74, 6) is 0.941. The largest absolute Gasteiger partial charge is 0.396 e. The van der Waals surface area contributed by atoms with E-state index in [1.165, 1.54) is 116 Å². The SMILES string of the molecule is CCC(C)CCCCCCCCCCCCCCCCCCCO. The molecule has 0 saturated carbocycles. The molecule has 0 bridgehead atoms. The maximum atomic E-state index is 8.72. The number of unbranched alkanes of at least 4 members (excludes halogenated alkanes) is 16. The van der Waals surface area contributed by atoms with Crippen molar-refractivity contribution >= 4 is 0 Å². The van der Waals surface area contributed by atoms with Crippen molar-refractivity contribution in [2.75, 3.05) is 6.61 Å². The minimum absolute atomic E-state index is 0.373. The molecular weight excluding hydrogens is 292 g/mol. The standard InChI is InChI=1S/C23H48O/c1-3-23(2)21-19-17-15-13-11-9-7-5-4-6-8-10-12-14-16-18-20-22-24/h23-24H,3-22H2,1-2H3. The molecule has 1 atom stereocenters. The Labute approximate surface area is 154 Å². The van der Waals surface area contributed by atoms with Gasteiger partial charge < -0.3 is 5.11 Å². The van der Waals surface area contributed by atoms with Crippen molar-refractivity contribution in [1.82, 2.24) is 0 Å². The van der Waals surface area contributed by atoms with Gasteiger partial charge in [-0.3, -0.25) is 0 Å². The van der Waals surface area contributed by atoms with Gasteiger partial charge in [0.2, 0.25) is 0 Å². The van der Waals surface area contributed by atoms with Gasteiger partial charge in [0.05, 0.1) is 0 Å². The van der Waals surface area contributed by atoms with Crippen molar-refractivity contribution in [1.29, 1.82) is 0 Å². The van der Waals surface area contributed by atoms with Crippen LogP contribution in [0.25, 0.3) is 0 Å². The molecule has 0 aromatic heterocycles. The van der Waals surface area contributed by atoms with E-state index in [2.05, 4.69) is 13.8 Å². The second-order valence-electron chi connectivity index (χ2n) is 8.04. The number of hydrogen-bond donors (Lipinski definition) is 1. The molecule has 0 radical (unpaired) electrons. The third kappa shape index (κ3) is 20.0. The smallest absolute Gasteiger partial charge is 0.0431 e. The van der Waals surface area contributed by atoms with Crippen LogP contribution in [0.4, 0.5) is 0 Å². The molecule has 0 saturated heterocycles. The van der Waals surface area contributed by atoms with E-state index < -0.39 is 0 Å². The van der Waals surface area contributed by atoms with Crippen LogP contribution in [0, 0.1) is 5.92 Å². The molecule has 146 valence electrons. The summed E-state index contributed by atoms with van der Waals surface area (Å²) in [5, 5.41) is 8.72. The summed E-state index contributed by atoms with van der Waals surface area (Å²) in [5.41, 5.74) is 0. The summed E-state index contributed by atoms with van der Waals surface area (Å²) in [6, 6.07) is 0. The van der Waals surface area contributed by atoms with Crippen molar-refractivity contribution in [2.24, 2.45) is 5.92 Å². The highest BCUT2D eigenvalue weighted by Gasteiger charge is 1.98. The van der Waals surface area contributed by atoms with Gasteiger partial charge in [0.1, 0.15) is 0 Å². The Morgan fingerprint density at radius 2 is 0.792 bits per heavy atom. The Bertz CT molecular complexity index is 214. The van der Waals surface area contributed by atoms with E-state index in [1.54, 1.807) is 0 Å². The molecule has 0 rings (SSSR count). The monoisotopic (exact) mass is 340 g/mol. The van der Waals surface area contributed by atoms with E-state index in [4.69, 9.17) is 5.11 Å². The van der Waals surface area contributed by atoms with Gasteiger partial charge in [-0.25, -0.2) is 0 Å². The van der Waals surface area contributed by atoms with Gasteiger partial charge in [-0.15, -0.1) is 0 Å². The molecule has 0 fully saturated rings. The van der Waals surface area contributed by atoms with E-state index in [-0.39, 0.29) is 0 Å². The highest BCUT2D eigenvalue weighted by Crippen LogP contribution is 2.16. The predicted octanol–water partition coefficient (Wildman–Crippen LogP) is 8.05. The lowest BCUT2D eigenvalue weighted by molar-refractivity contribution is 0.282. The number of aliphatic hydroxyl groups excluding tert-OH is 1. The van der Waals surface area contributed by atoms with Gasteiger partial charge in [-0.1, -0.05) is 129 Å². The maximum absolute atomic E-state index is 8.72. The molecule has 0 aliphatic carbocycles. The molecule has 24 heavy (non-hydrogen) atoms. The van der Waals surface area contributed by atoms with Crippen LogP contribution in [0.15, 0.2) is 0 Å². The Balaban J connectivity index is 2.98. The fourth-order valence-corrected chi connectivity index (χ4v) is 3.46. The Morgan fingerprint density at radius 1 is 0.500 bits per heavy atom. The van der Waals surface area contributed by atoms with Crippen LogP contribution in [0.2, 0.25) is 0 Å². The van der Waals surface area contributed by atoms with E-state index in [0.29, 0.717) is 6.61 Å². The fraction of sp³-hybridized carbons (Fsp3) is 1.00. The first-order chi connectivity index (χ1) is 11.8. The minimum Gasteiger partial charge on any atom is -0.396 e. The molecule has 0 spiro atoms. The third-order valence-corrected chi connectivity index (χ3v) is 5.55. The molecule has 0 aliphatic rings. The summed E-state index contributed by atoms with van der Waals surface area (Å²) >= 11 is 0. The van der Waals surface area contributed by atoms with Crippen LogP contribution in [0.5, 0.6) is 0 Å². The Morgan fingerprint density at radius 3 is 1.08 bits per heavy atom. The van der Waals surface area contributed by atoms with Crippen molar-refractivity contribution in [2.45, 2.75) is 136 Å². The molecule has 1 heteroatoms. The second kappa shape index (κ2) is 21.0. The molecule has 0 aromatic carbocycles. The maximum Gasteiger partial charge on any atom is 0.0431 e. The molecule has 0 heterocycles. The van der Waals surface area contributed by atoms with Crippen molar-refractivity contribution in [3.05, 3.63) is 0 Å². The third-order valence-electron chi connectivity index (χ3n) is 5.55. The fourth-order valence-electron chi connectivity index (χ4n) is 3.46. The first kappa shape index (κ1) is 24.0. The van der Waals surface area contributed by atoms with E-state index >= 15 is 0 Å². The molecular formula is C23H48O. The summed E-state index contributed by atoms with van der Waals surface area (Å²) in [6.07, 6.45) is 26.6. The Kier molecular flexibility index (Phi) is 21.0. The minimum atomic E-state index is 0.373. The van der Waals surface area contributed by atoms with Gasteiger partial charge in [0, 0.05) is 6.61 Å². The van der Waals surface area contributed by atoms with Gasteiger partial charge >= 0.3 is 0 Å². The quantitative estimate of drug-likeness (QED) is 0.222. The first-order valence-electron chi connectivity index (χ1n) is 11.4. The van der Waals surface area contributed by atoms with Crippen LogP contribution < -0.4 is 0 Å². The van der Waals surface area contributed by atoms with Crippen LogP contribution >= 0.6 is 0 Å². The molecule has 0 aromatic rings. The van der Waals surface area contributed by atoms with Crippen molar-refractivity contribution < 1.29 is 5.11 Å². The van der Waals surface area contributed by atoms with Gasteiger partial charge in [-0.2, -0.15) is 0 Å². The Hall–Kier alpha value is -0.0400. The number of hydrogen-bond acceptors (Lipinski definition) is 1. The highest BCUT2D eigenvalue weighted by atomic mass is 16.2. The normalized spacial score (nSPS) is 12.6. The summed E-state index contributed by atoms with van der Waals surface area (Å²) < 4.78 is 0. The lowest BCUT2D eigenvalue weighted by atomic mass is 9.99. The zero-order valence-electron chi connectivity index (χ0n) is 17.2. The highest BCUT2D eigenvalue weighted by molar-refractivity contribution is 4.53. The lowest BCUT2D eigenvalue weighted by Gasteiger charge is -2.07. The van der Waals surface area contributed by atoms with Crippen LogP contribution in [-0.2, 0) is 0 Å². The van der Waals surface area contributed by atoms with Crippen LogP contribution in [0.1, 0.15) is 136 Å². The second-order valence-corrected chi connectivity index (χ2v) is 8.04. The summed E-state index contributed by atoms with van der Waals surface area (Å²) in [4.78, 5) is 0. The van der Waals surface area contributed by atoms with Gasteiger partial charge in [0.25, 0.3) is 0 Å². The summed E-state index contributed by atoms with van der Waals surface area (Å²) in [7, 11) is 0. The predicted molar refractivity (Wildman–Crippen MR) is 110 cm³/mol. The van der Waals surface area contributed by atoms with Crippen molar-refractivity contribution in [3.8, 4) is 0 Å². The molecule has 1 N–H and O–H groups in total. The zero-order valence-corrected chi connectivity index (χ0v) is 17.2. The van der Waals surface area contributed by atoms with E-state index in [0.717, 1.165) is 12.3 Å². The van der Waals surface area contributed by atoms with Crippen molar-refractivity contribution in [3.63, 3.8) is 0 Å². The summed E-state index contributed by atoms with van der Waals surface area (Å²) in [6.45, 7) is 5.07. The van der Waals surface area contributed by atoms with Crippen LogP contribution in [-0.4, -0.2) is 11.7 Å². The van der Waals surface area contributed by atoms with E-state index in [9.17, 15) is 0 Å².